The normalized spacial score (nSPS) is 8.75. The van der Waals surface area contributed by atoms with Gasteiger partial charge < -0.3 is 0 Å². The van der Waals surface area contributed by atoms with E-state index in [1.54, 1.807) is 49.4 Å². The van der Waals surface area contributed by atoms with E-state index in [1.807, 2.05) is 24.3 Å². The van der Waals surface area contributed by atoms with Crippen LogP contribution in [0.1, 0.15) is 42.4 Å². The van der Waals surface area contributed by atoms with Crippen molar-refractivity contribution in [3.63, 3.8) is 0 Å². The number of benzene rings is 3. The molecule has 0 heterocycles. The molecule has 0 aliphatic heterocycles. The summed E-state index contributed by atoms with van der Waals surface area (Å²) in [5.74, 6) is 0. The number of isocyanates is 6. The number of rotatable bonds is 13. The molecular weight excluding hydrogens is 564 g/mol. The van der Waals surface area contributed by atoms with Crippen LogP contribution in [0, 0.1) is 6.92 Å². The molecule has 0 aliphatic rings. The second-order valence-corrected chi connectivity index (χ2v) is 8.65. The van der Waals surface area contributed by atoms with Gasteiger partial charge in [-0.25, -0.2) is 38.8 Å². The maximum Gasteiger partial charge on any atom is 0.240 e. The summed E-state index contributed by atoms with van der Waals surface area (Å²) in [6.07, 6.45) is 13.4. The number of hydrogen-bond donors (Lipinski definition) is 0. The van der Waals surface area contributed by atoms with E-state index in [2.05, 4.69) is 30.0 Å². The summed E-state index contributed by atoms with van der Waals surface area (Å²) >= 11 is 0. The van der Waals surface area contributed by atoms with Gasteiger partial charge in [0.2, 0.25) is 36.5 Å². The second-order valence-electron chi connectivity index (χ2n) is 8.65. The third kappa shape index (κ3) is 16.3. The predicted molar refractivity (Wildman–Crippen MR) is 162 cm³/mol. The molecular formula is C32H28N6O6. The van der Waals surface area contributed by atoms with Crippen molar-refractivity contribution >= 4 is 59.2 Å². The van der Waals surface area contributed by atoms with Crippen LogP contribution in [0.25, 0.3) is 0 Å². The molecule has 3 aromatic carbocycles. The number of carbonyl (C=O) groups excluding carboxylic acids is 6. The molecule has 0 atom stereocenters. The monoisotopic (exact) mass is 592 g/mol. The highest BCUT2D eigenvalue weighted by atomic mass is 16.1. The Balaban J connectivity index is 0.000000344. The first kappa shape index (κ1) is 36.0. The smallest absolute Gasteiger partial charge is 0.211 e. The van der Waals surface area contributed by atoms with E-state index in [1.165, 1.54) is 36.5 Å². The summed E-state index contributed by atoms with van der Waals surface area (Å²) in [6, 6.07) is 19.5. The Hall–Kier alpha value is -6.06. The van der Waals surface area contributed by atoms with Crippen molar-refractivity contribution in [2.45, 2.75) is 39.0 Å². The topological polar surface area (TPSA) is 177 Å². The maximum atomic E-state index is 10.1. The zero-order valence-corrected chi connectivity index (χ0v) is 23.9. The molecule has 0 aromatic heterocycles. The zero-order valence-electron chi connectivity index (χ0n) is 23.9. The fourth-order valence-corrected chi connectivity index (χ4v) is 3.48. The number of aryl methyl sites for hydroxylation is 1. The van der Waals surface area contributed by atoms with Crippen molar-refractivity contribution < 1.29 is 28.8 Å². The molecule has 0 bridgehead atoms. The number of nitrogens with zero attached hydrogens (tertiary/aromatic N) is 6. The van der Waals surface area contributed by atoms with Crippen molar-refractivity contribution in [3.8, 4) is 0 Å². The van der Waals surface area contributed by atoms with Gasteiger partial charge in [0.1, 0.15) is 0 Å². The minimum atomic E-state index is 0.498. The number of aliphatic imine (C=N–C) groups is 6. The lowest BCUT2D eigenvalue weighted by molar-refractivity contribution is 0.558. The predicted octanol–water partition coefficient (Wildman–Crippen LogP) is 6.36. The lowest BCUT2D eigenvalue weighted by Crippen LogP contribution is -1.86. The summed E-state index contributed by atoms with van der Waals surface area (Å²) in [7, 11) is 0. The van der Waals surface area contributed by atoms with Crippen molar-refractivity contribution in [1.29, 1.82) is 0 Å². The molecule has 12 nitrogen and oxygen atoms in total. The third-order valence-electron chi connectivity index (χ3n) is 5.57. The molecule has 3 rings (SSSR count). The van der Waals surface area contributed by atoms with Gasteiger partial charge in [0.15, 0.2) is 0 Å². The molecule has 222 valence electrons. The van der Waals surface area contributed by atoms with Crippen LogP contribution in [0.2, 0.25) is 0 Å². The largest absolute Gasteiger partial charge is 0.240 e. The molecule has 0 unspecified atom stereocenters. The average Bonchev–Trinajstić information content (AvgIpc) is 3.03. The van der Waals surface area contributed by atoms with E-state index >= 15 is 0 Å². The maximum absolute atomic E-state index is 10.1. The van der Waals surface area contributed by atoms with Crippen LogP contribution in [0.15, 0.2) is 96.7 Å². The van der Waals surface area contributed by atoms with Crippen LogP contribution in [0.3, 0.4) is 0 Å². The van der Waals surface area contributed by atoms with Crippen LogP contribution >= 0.6 is 0 Å². The molecule has 0 saturated carbocycles. The fraction of sp³-hybridized carbons (Fsp3) is 0.250. The van der Waals surface area contributed by atoms with E-state index in [0.717, 1.165) is 48.8 Å². The molecule has 3 aromatic rings. The van der Waals surface area contributed by atoms with Gasteiger partial charge in [0.25, 0.3) is 0 Å². The zero-order chi connectivity index (χ0) is 32.3. The van der Waals surface area contributed by atoms with E-state index in [9.17, 15) is 28.8 Å². The van der Waals surface area contributed by atoms with Crippen LogP contribution in [0.5, 0.6) is 0 Å². The van der Waals surface area contributed by atoms with Gasteiger partial charge in [-0.3, -0.25) is 0 Å². The van der Waals surface area contributed by atoms with Gasteiger partial charge in [-0.2, -0.15) is 20.0 Å². The van der Waals surface area contributed by atoms with Crippen molar-refractivity contribution in [1.82, 2.24) is 0 Å². The van der Waals surface area contributed by atoms with Gasteiger partial charge in [-0.15, -0.1) is 0 Å². The van der Waals surface area contributed by atoms with Crippen LogP contribution in [0.4, 0.5) is 22.7 Å². The Kier molecular flexibility index (Phi) is 19.3. The first-order chi connectivity index (χ1) is 21.5. The summed E-state index contributed by atoms with van der Waals surface area (Å²) < 4.78 is 0. The van der Waals surface area contributed by atoms with E-state index in [0.29, 0.717) is 35.8 Å². The summed E-state index contributed by atoms with van der Waals surface area (Å²) in [6.45, 7) is 2.88. The lowest BCUT2D eigenvalue weighted by Gasteiger charge is -2.02. The Labute approximate surface area is 253 Å². The van der Waals surface area contributed by atoms with Crippen LogP contribution in [-0.2, 0) is 35.2 Å². The highest BCUT2D eigenvalue weighted by molar-refractivity contribution is 5.60. The second kappa shape index (κ2) is 23.6. The molecule has 0 saturated heterocycles. The van der Waals surface area contributed by atoms with Gasteiger partial charge in [-0.1, -0.05) is 37.1 Å². The lowest BCUT2D eigenvalue weighted by atomic mass is 10.0. The minimum absolute atomic E-state index is 0.498. The van der Waals surface area contributed by atoms with Crippen LogP contribution in [-0.4, -0.2) is 49.6 Å². The Bertz CT molecular complexity index is 1540. The first-order valence-corrected chi connectivity index (χ1v) is 13.2. The van der Waals surface area contributed by atoms with Crippen molar-refractivity contribution in [3.05, 3.63) is 83.4 Å². The van der Waals surface area contributed by atoms with E-state index < -0.39 is 0 Å². The molecule has 0 radical (unpaired) electrons. The fourth-order valence-electron chi connectivity index (χ4n) is 3.48. The number of hydrogen-bond acceptors (Lipinski definition) is 12. The summed E-state index contributed by atoms with van der Waals surface area (Å²) in [4.78, 5) is 80.1. The van der Waals surface area contributed by atoms with Gasteiger partial charge in [0, 0.05) is 0 Å². The van der Waals surface area contributed by atoms with E-state index in [-0.39, 0.29) is 0 Å². The first-order valence-electron chi connectivity index (χ1n) is 13.2. The van der Waals surface area contributed by atoms with Crippen molar-refractivity contribution in [2.75, 3.05) is 13.1 Å². The minimum Gasteiger partial charge on any atom is -0.211 e. The molecule has 0 amide bonds. The molecule has 0 fully saturated rings. The molecule has 0 aliphatic carbocycles. The highest BCUT2D eigenvalue weighted by Crippen LogP contribution is 2.23. The standard InChI is InChI=1S/C15H10N2O2.C9H6N2O2.C8H12N2O2/c18-10-16-14-5-1-12(2-6-14)9-13-3-7-15(8-4-13)17-11-19;1-7-4-8(10-5-12)2-3-9(7)11-6-13;11-7-9-5-3-1-2-4-6-10-8-12/h1-8H,9H2;2-4H,1H3;1-6H2. The Morgan fingerprint density at radius 2 is 0.886 bits per heavy atom. The van der Waals surface area contributed by atoms with Gasteiger partial charge >= 0.3 is 0 Å². The molecule has 0 N–H and O–H groups in total. The third-order valence-corrected chi connectivity index (χ3v) is 5.57. The van der Waals surface area contributed by atoms with E-state index in [4.69, 9.17) is 0 Å². The SMILES string of the molecule is Cc1cc(N=C=O)ccc1N=C=O.O=C=NCCCCCCN=C=O.O=C=Nc1ccc(Cc2ccc(N=C=O)cc2)cc1. The molecule has 12 heteroatoms. The Morgan fingerprint density at radius 3 is 1.27 bits per heavy atom. The molecule has 44 heavy (non-hydrogen) atoms. The number of unbranched alkanes of at least 4 members (excludes halogenated alkanes) is 3. The van der Waals surface area contributed by atoms with Gasteiger partial charge in [0.05, 0.1) is 35.8 Å². The quantitative estimate of drug-likeness (QED) is 0.127. The van der Waals surface area contributed by atoms with Gasteiger partial charge in [-0.05, 0) is 85.3 Å². The highest BCUT2D eigenvalue weighted by Gasteiger charge is 1.98. The van der Waals surface area contributed by atoms with Crippen LogP contribution < -0.4 is 0 Å². The summed E-state index contributed by atoms with van der Waals surface area (Å²) in [5.41, 5.74) is 5.19. The Morgan fingerprint density at radius 1 is 0.477 bits per heavy atom. The average molecular weight is 593 g/mol. The molecule has 0 spiro atoms. The summed E-state index contributed by atoms with van der Waals surface area (Å²) in [5, 5.41) is 0. The van der Waals surface area contributed by atoms with Crippen molar-refractivity contribution in [2.24, 2.45) is 30.0 Å².